The molecular formula is C12H18N2O4S2. The lowest BCUT2D eigenvalue weighted by Crippen LogP contribution is -2.23. The summed E-state index contributed by atoms with van der Waals surface area (Å²) in [7, 11) is -7.52. The lowest BCUT2D eigenvalue weighted by Gasteiger charge is -2.25. The molecule has 0 saturated heterocycles. The first-order valence-corrected chi connectivity index (χ1v) is 9.60. The first-order valence-electron chi connectivity index (χ1n) is 6.40. The van der Waals surface area contributed by atoms with Crippen LogP contribution in [0.2, 0.25) is 0 Å². The van der Waals surface area contributed by atoms with E-state index in [9.17, 15) is 16.8 Å². The molecule has 112 valence electrons. The van der Waals surface area contributed by atoms with Gasteiger partial charge in [-0.3, -0.25) is 4.72 Å². The molecule has 0 bridgehead atoms. The number of nitrogens with two attached hydrogens (primary N) is 1. The minimum Gasteiger partial charge on any atom is -0.282 e. The number of rotatable bonds is 6. The van der Waals surface area contributed by atoms with Crippen LogP contribution in [0.25, 0.3) is 0 Å². The van der Waals surface area contributed by atoms with E-state index in [1.807, 2.05) is 0 Å². The standard InChI is InChI=1S/C12H18N2O4S2/c13-20(17,18)12-7-2-1-6-11(12)14-19(15,16)9-8-10-4-3-5-10/h1-2,6-7,10,14H,3-5,8-9H2,(H2,13,17,18). The van der Waals surface area contributed by atoms with Crippen molar-refractivity contribution in [3.8, 4) is 0 Å². The Bertz CT molecular complexity index is 679. The molecule has 0 aliphatic heterocycles. The molecule has 0 amide bonds. The van der Waals surface area contributed by atoms with Crippen LogP contribution >= 0.6 is 0 Å². The fourth-order valence-electron chi connectivity index (χ4n) is 2.12. The maximum Gasteiger partial charge on any atom is 0.240 e. The lowest BCUT2D eigenvalue weighted by molar-refractivity contribution is 0.307. The summed E-state index contributed by atoms with van der Waals surface area (Å²) in [5.74, 6) is 0.469. The van der Waals surface area contributed by atoms with Crippen LogP contribution in [0.15, 0.2) is 29.2 Å². The maximum absolute atomic E-state index is 12.0. The number of benzene rings is 1. The summed E-state index contributed by atoms with van der Waals surface area (Å²) in [5, 5.41) is 5.07. The van der Waals surface area contributed by atoms with Crippen LogP contribution in [0.5, 0.6) is 0 Å². The molecule has 8 heteroatoms. The number of hydrogen-bond donors (Lipinski definition) is 2. The molecule has 1 saturated carbocycles. The second-order valence-corrected chi connectivity index (χ2v) is 8.42. The molecule has 2 rings (SSSR count). The minimum atomic E-state index is -3.96. The molecule has 0 atom stereocenters. The zero-order valence-electron chi connectivity index (χ0n) is 10.9. The maximum atomic E-state index is 12.0. The second kappa shape index (κ2) is 5.71. The Balaban J connectivity index is 2.12. The summed E-state index contributed by atoms with van der Waals surface area (Å²) in [6.45, 7) is 0. The number of para-hydroxylation sites is 1. The molecule has 1 aliphatic carbocycles. The summed E-state index contributed by atoms with van der Waals surface area (Å²) in [6.07, 6.45) is 3.91. The average Bonchev–Trinajstić information content (AvgIpc) is 2.25. The molecule has 1 aliphatic rings. The summed E-state index contributed by atoms with van der Waals surface area (Å²) in [5.41, 5.74) is 0.00334. The van der Waals surface area contributed by atoms with Crippen molar-refractivity contribution < 1.29 is 16.8 Å². The molecule has 6 nitrogen and oxygen atoms in total. The van der Waals surface area contributed by atoms with E-state index >= 15 is 0 Å². The van der Waals surface area contributed by atoms with Gasteiger partial charge < -0.3 is 0 Å². The third kappa shape index (κ3) is 3.94. The van der Waals surface area contributed by atoms with Crippen LogP contribution in [0.3, 0.4) is 0 Å². The lowest BCUT2D eigenvalue weighted by atomic mass is 9.84. The van der Waals surface area contributed by atoms with Crippen molar-refractivity contribution in [3.05, 3.63) is 24.3 Å². The van der Waals surface area contributed by atoms with E-state index in [0.717, 1.165) is 19.3 Å². The van der Waals surface area contributed by atoms with Gasteiger partial charge in [0.05, 0.1) is 11.4 Å². The zero-order valence-corrected chi connectivity index (χ0v) is 12.6. The highest BCUT2D eigenvalue weighted by atomic mass is 32.2. The van der Waals surface area contributed by atoms with Crippen LogP contribution in [-0.2, 0) is 20.0 Å². The van der Waals surface area contributed by atoms with Crippen LogP contribution < -0.4 is 9.86 Å². The van der Waals surface area contributed by atoms with E-state index in [1.165, 1.54) is 18.2 Å². The van der Waals surface area contributed by atoms with Crippen molar-refractivity contribution in [2.45, 2.75) is 30.6 Å². The van der Waals surface area contributed by atoms with Gasteiger partial charge in [0.2, 0.25) is 20.0 Å². The third-order valence-electron chi connectivity index (χ3n) is 3.48. The van der Waals surface area contributed by atoms with E-state index in [-0.39, 0.29) is 16.3 Å². The summed E-state index contributed by atoms with van der Waals surface area (Å²) in [6, 6.07) is 5.71. The van der Waals surface area contributed by atoms with E-state index in [0.29, 0.717) is 12.3 Å². The molecule has 20 heavy (non-hydrogen) atoms. The summed E-state index contributed by atoms with van der Waals surface area (Å²) >= 11 is 0. The van der Waals surface area contributed by atoms with Crippen LogP contribution in [-0.4, -0.2) is 22.6 Å². The van der Waals surface area contributed by atoms with Crippen LogP contribution in [0.4, 0.5) is 5.69 Å². The topological polar surface area (TPSA) is 106 Å². The highest BCUT2D eigenvalue weighted by molar-refractivity contribution is 7.93. The van der Waals surface area contributed by atoms with Crippen molar-refractivity contribution in [2.24, 2.45) is 11.1 Å². The summed E-state index contributed by atoms with van der Waals surface area (Å²) in [4.78, 5) is -0.216. The molecule has 3 N–H and O–H groups in total. The van der Waals surface area contributed by atoms with Crippen molar-refractivity contribution >= 4 is 25.7 Å². The third-order valence-corrected chi connectivity index (χ3v) is 5.75. The van der Waals surface area contributed by atoms with Crippen molar-refractivity contribution in [2.75, 3.05) is 10.5 Å². The molecule has 0 spiro atoms. The predicted octanol–water partition coefficient (Wildman–Crippen LogP) is 1.27. The van der Waals surface area contributed by atoms with Gasteiger partial charge in [-0.1, -0.05) is 31.4 Å². The molecule has 0 radical (unpaired) electrons. The first kappa shape index (κ1) is 15.3. The highest BCUT2D eigenvalue weighted by Gasteiger charge is 2.22. The Morgan fingerprint density at radius 2 is 1.80 bits per heavy atom. The van der Waals surface area contributed by atoms with Gasteiger partial charge in [-0.15, -0.1) is 0 Å². The number of anilines is 1. The smallest absolute Gasteiger partial charge is 0.240 e. The largest absolute Gasteiger partial charge is 0.282 e. The Kier molecular flexibility index (Phi) is 4.36. The fraction of sp³-hybridized carbons (Fsp3) is 0.500. The normalized spacial score (nSPS) is 16.6. The Morgan fingerprint density at radius 1 is 1.15 bits per heavy atom. The zero-order chi connectivity index (χ0) is 14.8. The molecule has 0 aromatic heterocycles. The minimum absolute atomic E-state index is 0.00334. The van der Waals surface area contributed by atoms with Gasteiger partial charge in [-0.25, -0.2) is 22.0 Å². The number of nitrogens with one attached hydrogen (secondary N) is 1. The Morgan fingerprint density at radius 3 is 2.35 bits per heavy atom. The van der Waals surface area contributed by atoms with Crippen LogP contribution in [0, 0.1) is 5.92 Å². The molecule has 0 unspecified atom stereocenters. The van der Waals surface area contributed by atoms with Crippen molar-refractivity contribution in [1.29, 1.82) is 0 Å². The van der Waals surface area contributed by atoms with Gasteiger partial charge in [0.25, 0.3) is 0 Å². The molecule has 1 aromatic rings. The number of sulfonamides is 2. The monoisotopic (exact) mass is 318 g/mol. The quantitative estimate of drug-likeness (QED) is 0.823. The van der Waals surface area contributed by atoms with Gasteiger partial charge in [0, 0.05) is 0 Å². The van der Waals surface area contributed by atoms with E-state index in [4.69, 9.17) is 5.14 Å². The number of primary sulfonamides is 1. The first-order chi connectivity index (χ1) is 9.28. The molecular weight excluding hydrogens is 300 g/mol. The van der Waals surface area contributed by atoms with Crippen molar-refractivity contribution in [3.63, 3.8) is 0 Å². The van der Waals surface area contributed by atoms with E-state index in [1.54, 1.807) is 6.07 Å². The Hall–Kier alpha value is -1.12. The van der Waals surface area contributed by atoms with Gasteiger partial charge >= 0.3 is 0 Å². The Labute approximate surface area is 119 Å². The summed E-state index contributed by atoms with van der Waals surface area (Å²) < 4.78 is 49.1. The highest BCUT2D eigenvalue weighted by Crippen LogP contribution is 2.30. The van der Waals surface area contributed by atoms with Gasteiger partial charge in [0.15, 0.2) is 0 Å². The second-order valence-electron chi connectivity index (χ2n) is 5.05. The van der Waals surface area contributed by atoms with Crippen molar-refractivity contribution in [1.82, 2.24) is 0 Å². The molecule has 0 heterocycles. The van der Waals surface area contributed by atoms with Gasteiger partial charge in [-0.05, 0) is 24.5 Å². The number of hydrogen-bond acceptors (Lipinski definition) is 4. The van der Waals surface area contributed by atoms with E-state index < -0.39 is 20.0 Å². The predicted molar refractivity (Wildman–Crippen MR) is 77.2 cm³/mol. The van der Waals surface area contributed by atoms with Gasteiger partial charge in [-0.2, -0.15) is 0 Å². The van der Waals surface area contributed by atoms with E-state index in [2.05, 4.69) is 4.72 Å². The van der Waals surface area contributed by atoms with Gasteiger partial charge in [0.1, 0.15) is 4.90 Å². The average molecular weight is 318 g/mol. The van der Waals surface area contributed by atoms with Crippen LogP contribution in [0.1, 0.15) is 25.7 Å². The molecule has 1 fully saturated rings. The SMILES string of the molecule is NS(=O)(=O)c1ccccc1NS(=O)(=O)CCC1CCC1. The molecule has 1 aromatic carbocycles. The fourth-order valence-corrected chi connectivity index (χ4v) is 4.14.